The second-order valence-corrected chi connectivity index (χ2v) is 7.34. The van der Waals surface area contributed by atoms with Crippen LogP contribution in [0.4, 0.5) is 10.5 Å². The predicted octanol–water partition coefficient (Wildman–Crippen LogP) is 3.75. The summed E-state index contributed by atoms with van der Waals surface area (Å²) in [4.78, 5) is 38.8. The van der Waals surface area contributed by atoms with Crippen molar-refractivity contribution in [3.8, 4) is 11.5 Å². The number of carbonyl (C=O) groups excluding carboxylic acids is 3. The van der Waals surface area contributed by atoms with Crippen LogP contribution >= 0.6 is 15.9 Å². The maximum atomic E-state index is 13.1. The fraction of sp³-hybridized carbons (Fsp3) is 0.190. The van der Waals surface area contributed by atoms with Crippen LogP contribution < -0.4 is 19.7 Å². The minimum Gasteiger partial charge on any atom is -0.493 e. The number of rotatable bonds is 4. The zero-order chi connectivity index (χ0) is 21.3. The summed E-state index contributed by atoms with van der Waals surface area (Å²) >= 11 is 3.38. The highest BCUT2D eigenvalue weighted by Gasteiger charge is 2.37. The topological polar surface area (TPSA) is 84.9 Å². The van der Waals surface area contributed by atoms with Crippen molar-refractivity contribution in [1.82, 2.24) is 5.32 Å². The van der Waals surface area contributed by atoms with Gasteiger partial charge in [-0.25, -0.2) is 9.69 Å². The summed E-state index contributed by atoms with van der Waals surface area (Å²) < 4.78 is 11.2. The predicted molar refractivity (Wildman–Crippen MR) is 112 cm³/mol. The van der Waals surface area contributed by atoms with Gasteiger partial charge in [-0.3, -0.25) is 14.9 Å². The molecule has 0 aromatic heterocycles. The van der Waals surface area contributed by atoms with Crippen LogP contribution in [-0.2, 0) is 9.59 Å². The minimum atomic E-state index is -0.780. The van der Waals surface area contributed by atoms with Gasteiger partial charge in [0.05, 0.1) is 24.4 Å². The number of halogens is 1. The van der Waals surface area contributed by atoms with Gasteiger partial charge in [0.25, 0.3) is 11.8 Å². The van der Waals surface area contributed by atoms with E-state index in [4.69, 9.17) is 9.47 Å². The number of hydrogen-bond donors (Lipinski definition) is 1. The molecule has 0 radical (unpaired) electrons. The van der Waals surface area contributed by atoms with Gasteiger partial charge in [0.1, 0.15) is 5.57 Å². The van der Waals surface area contributed by atoms with E-state index in [9.17, 15) is 14.4 Å². The van der Waals surface area contributed by atoms with Crippen molar-refractivity contribution in [1.29, 1.82) is 0 Å². The number of barbiturate groups is 1. The molecule has 0 saturated carbocycles. The SMILES string of the molecule is COc1cc(/C=C2\C(=O)NC(=O)N(c3ccc(C)cc3C)C2=O)cc(Br)c1OC. The Morgan fingerprint density at radius 3 is 2.38 bits per heavy atom. The first-order valence-corrected chi connectivity index (χ1v) is 9.46. The van der Waals surface area contributed by atoms with Crippen molar-refractivity contribution in [2.24, 2.45) is 0 Å². The number of imide groups is 2. The van der Waals surface area contributed by atoms with E-state index >= 15 is 0 Å². The highest BCUT2D eigenvalue weighted by atomic mass is 79.9. The number of hydrogen-bond acceptors (Lipinski definition) is 5. The Morgan fingerprint density at radius 2 is 1.76 bits per heavy atom. The summed E-state index contributed by atoms with van der Waals surface area (Å²) in [5.41, 5.74) is 2.53. The molecule has 1 N–H and O–H groups in total. The smallest absolute Gasteiger partial charge is 0.335 e. The van der Waals surface area contributed by atoms with Crippen molar-refractivity contribution in [2.45, 2.75) is 13.8 Å². The van der Waals surface area contributed by atoms with Crippen LogP contribution in [0.25, 0.3) is 6.08 Å². The Morgan fingerprint density at radius 1 is 1.03 bits per heavy atom. The third kappa shape index (κ3) is 3.88. The monoisotopic (exact) mass is 458 g/mol. The molecule has 0 aliphatic carbocycles. The molecule has 150 valence electrons. The standard InChI is InChI=1S/C21H19BrN2O5/c1-11-5-6-16(12(2)7-11)24-20(26)14(19(25)23-21(24)27)8-13-9-15(22)18(29-4)17(10-13)28-3/h5-10H,1-4H3,(H,23,25,27)/b14-8+. The molecule has 3 rings (SSSR count). The Labute approximate surface area is 176 Å². The lowest BCUT2D eigenvalue weighted by Crippen LogP contribution is -2.54. The summed E-state index contributed by atoms with van der Waals surface area (Å²) in [6.45, 7) is 3.72. The minimum absolute atomic E-state index is 0.163. The molecule has 2 aromatic rings. The fourth-order valence-corrected chi connectivity index (χ4v) is 3.74. The van der Waals surface area contributed by atoms with Gasteiger partial charge in [0, 0.05) is 0 Å². The molecule has 1 fully saturated rings. The summed E-state index contributed by atoms with van der Waals surface area (Å²) in [6, 6.07) is 7.89. The number of urea groups is 1. The summed E-state index contributed by atoms with van der Waals surface area (Å²) in [5.74, 6) is -0.538. The van der Waals surface area contributed by atoms with E-state index in [2.05, 4.69) is 21.2 Å². The van der Waals surface area contributed by atoms with Gasteiger partial charge in [-0.15, -0.1) is 0 Å². The maximum absolute atomic E-state index is 13.1. The first-order valence-electron chi connectivity index (χ1n) is 8.67. The first kappa shape index (κ1) is 20.6. The third-order valence-electron chi connectivity index (χ3n) is 4.46. The van der Waals surface area contributed by atoms with E-state index < -0.39 is 17.8 Å². The normalized spacial score (nSPS) is 15.6. The van der Waals surface area contributed by atoms with Gasteiger partial charge in [-0.2, -0.15) is 0 Å². The van der Waals surface area contributed by atoms with Crippen molar-refractivity contribution >= 4 is 45.5 Å². The molecule has 1 aliphatic rings. The molecular formula is C21H19BrN2O5. The number of aryl methyl sites for hydroxylation is 2. The number of ether oxygens (including phenoxy) is 2. The van der Waals surface area contributed by atoms with Crippen molar-refractivity contribution in [3.63, 3.8) is 0 Å². The molecule has 8 heteroatoms. The van der Waals surface area contributed by atoms with Gasteiger partial charge >= 0.3 is 6.03 Å². The van der Waals surface area contributed by atoms with Crippen LogP contribution in [0, 0.1) is 13.8 Å². The lowest BCUT2D eigenvalue weighted by atomic mass is 10.0. The third-order valence-corrected chi connectivity index (χ3v) is 5.05. The summed E-state index contributed by atoms with van der Waals surface area (Å²) in [6.07, 6.45) is 1.41. The number of methoxy groups -OCH3 is 2. The van der Waals surface area contributed by atoms with Crippen LogP contribution in [0.1, 0.15) is 16.7 Å². The van der Waals surface area contributed by atoms with Crippen LogP contribution in [-0.4, -0.2) is 32.1 Å². The van der Waals surface area contributed by atoms with Gasteiger partial charge in [0.2, 0.25) is 0 Å². The van der Waals surface area contributed by atoms with Crippen LogP contribution in [0.15, 0.2) is 40.4 Å². The molecule has 1 heterocycles. The number of benzene rings is 2. The number of carbonyl (C=O) groups is 3. The van der Waals surface area contributed by atoms with E-state index in [1.165, 1.54) is 20.3 Å². The molecule has 0 atom stereocenters. The molecule has 0 bridgehead atoms. The average Bonchev–Trinajstić information content (AvgIpc) is 2.66. The lowest BCUT2D eigenvalue weighted by Gasteiger charge is -2.27. The zero-order valence-electron chi connectivity index (χ0n) is 16.3. The average molecular weight is 459 g/mol. The fourth-order valence-electron chi connectivity index (χ4n) is 3.12. The lowest BCUT2D eigenvalue weighted by molar-refractivity contribution is -0.122. The molecule has 4 amide bonds. The first-order chi connectivity index (χ1) is 13.8. The van der Waals surface area contributed by atoms with E-state index in [1.807, 2.05) is 13.0 Å². The molecule has 29 heavy (non-hydrogen) atoms. The van der Waals surface area contributed by atoms with Gasteiger partial charge in [-0.1, -0.05) is 17.7 Å². The molecule has 1 saturated heterocycles. The van der Waals surface area contributed by atoms with Crippen molar-refractivity contribution < 1.29 is 23.9 Å². The van der Waals surface area contributed by atoms with Gasteiger partial charge in [-0.05, 0) is 65.2 Å². The Balaban J connectivity index is 2.07. The highest BCUT2D eigenvalue weighted by Crippen LogP contribution is 2.37. The van der Waals surface area contributed by atoms with Crippen LogP contribution in [0.5, 0.6) is 11.5 Å². The van der Waals surface area contributed by atoms with E-state index in [0.717, 1.165) is 16.0 Å². The van der Waals surface area contributed by atoms with Crippen LogP contribution in [0.2, 0.25) is 0 Å². The molecule has 7 nitrogen and oxygen atoms in total. The quantitative estimate of drug-likeness (QED) is 0.556. The van der Waals surface area contributed by atoms with E-state index in [0.29, 0.717) is 27.2 Å². The second kappa shape index (κ2) is 8.08. The maximum Gasteiger partial charge on any atom is 0.335 e. The van der Waals surface area contributed by atoms with E-state index in [1.54, 1.807) is 31.2 Å². The number of amides is 4. The molecule has 0 spiro atoms. The van der Waals surface area contributed by atoms with Gasteiger partial charge in [0.15, 0.2) is 11.5 Å². The largest absolute Gasteiger partial charge is 0.493 e. The molecule has 1 aliphatic heterocycles. The Kier molecular flexibility index (Phi) is 5.74. The number of nitrogens with zero attached hydrogens (tertiary/aromatic N) is 1. The molecule has 0 unspecified atom stereocenters. The van der Waals surface area contributed by atoms with Crippen molar-refractivity contribution in [3.05, 3.63) is 57.1 Å². The summed E-state index contributed by atoms with van der Waals surface area (Å²) in [7, 11) is 2.99. The zero-order valence-corrected chi connectivity index (χ0v) is 17.9. The Hall–Kier alpha value is -3.13. The number of anilines is 1. The van der Waals surface area contributed by atoms with Crippen LogP contribution in [0.3, 0.4) is 0 Å². The Bertz CT molecular complexity index is 1060. The molecular weight excluding hydrogens is 440 g/mol. The number of nitrogens with one attached hydrogen (secondary N) is 1. The highest BCUT2D eigenvalue weighted by molar-refractivity contribution is 9.10. The summed E-state index contributed by atoms with van der Waals surface area (Å²) in [5, 5.41) is 2.23. The van der Waals surface area contributed by atoms with Crippen molar-refractivity contribution in [2.75, 3.05) is 19.1 Å². The second-order valence-electron chi connectivity index (χ2n) is 6.49. The molecule has 2 aromatic carbocycles. The van der Waals surface area contributed by atoms with E-state index in [-0.39, 0.29) is 5.57 Å². The van der Waals surface area contributed by atoms with Gasteiger partial charge < -0.3 is 9.47 Å².